The zero-order chi connectivity index (χ0) is 11.4. The van der Waals surface area contributed by atoms with Crippen molar-refractivity contribution in [3.8, 4) is 0 Å². The number of benzene rings is 1. The SMILES string of the molecule is CCNc1cccc(N(C)C)c1[N+](=O)[O-]. The monoisotopic (exact) mass is 209 g/mol. The Bertz CT molecular complexity index is 364. The Balaban J connectivity index is 3.28. The third kappa shape index (κ3) is 2.37. The first-order valence-electron chi connectivity index (χ1n) is 4.76. The first-order valence-corrected chi connectivity index (χ1v) is 4.76. The quantitative estimate of drug-likeness (QED) is 0.609. The molecular formula is C10H15N3O2. The molecule has 1 N–H and O–H groups in total. The fraction of sp³-hybridized carbons (Fsp3) is 0.400. The lowest BCUT2D eigenvalue weighted by Gasteiger charge is -2.14. The lowest BCUT2D eigenvalue weighted by Crippen LogP contribution is -2.12. The molecule has 0 fully saturated rings. The van der Waals surface area contributed by atoms with Gasteiger partial charge in [-0.3, -0.25) is 10.1 Å². The van der Waals surface area contributed by atoms with Crippen molar-refractivity contribution in [2.45, 2.75) is 6.92 Å². The molecule has 0 radical (unpaired) electrons. The van der Waals surface area contributed by atoms with Crippen LogP contribution in [-0.2, 0) is 0 Å². The summed E-state index contributed by atoms with van der Waals surface area (Å²) in [6.07, 6.45) is 0. The van der Waals surface area contributed by atoms with Gasteiger partial charge in [0.1, 0.15) is 11.4 Å². The normalized spacial score (nSPS) is 9.80. The van der Waals surface area contributed by atoms with Crippen molar-refractivity contribution in [3.05, 3.63) is 28.3 Å². The predicted octanol–water partition coefficient (Wildman–Crippen LogP) is 2.09. The molecule has 0 aliphatic rings. The number of rotatable bonds is 4. The van der Waals surface area contributed by atoms with Gasteiger partial charge >= 0.3 is 5.69 Å². The van der Waals surface area contributed by atoms with Gasteiger partial charge in [0, 0.05) is 20.6 Å². The van der Waals surface area contributed by atoms with Crippen LogP contribution >= 0.6 is 0 Å². The minimum Gasteiger partial charge on any atom is -0.380 e. The number of nitro benzene ring substituents is 1. The van der Waals surface area contributed by atoms with E-state index in [1.54, 1.807) is 37.2 Å². The van der Waals surface area contributed by atoms with Gasteiger partial charge in [-0.15, -0.1) is 0 Å². The molecule has 5 heteroatoms. The molecule has 0 saturated carbocycles. The molecule has 0 saturated heterocycles. The van der Waals surface area contributed by atoms with Crippen LogP contribution in [0, 0.1) is 10.1 Å². The molecule has 0 aromatic heterocycles. The smallest absolute Gasteiger partial charge is 0.315 e. The zero-order valence-electron chi connectivity index (χ0n) is 9.15. The Morgan fingerprint density at radius 2 is 2.13 bits per heavy atom. The maximum atomic E-state index is 11.0. The summed E-state index contributed by atoms with van der Waals surface area (Å²) in [7, 11) is 3.58. The first-order chi connectivity index (χ1) is 7.07. The molecule has 1 rings (SSSR count). The summed E-state index contributed by atoms with van der Waals surface area (Å²) in [4.78, 5) is 12.3. The van der Waals surface area contributed by atoms with Gasteiger partial charge in [-0.2, -0.15) is 0 Å². The maximum absolute atomic E-state index is 11.0. The van der Waals surface area contributed by atoms with Crippen LogP contribution in [0.3, 0.4) is 0 Å². The minimum absolute atomic E-state index is 0.129. The highest BCUT2D eigenvalue weighted by Crippen LogP contribution is 2.34. The molecule has 0 aliphatic carbocycles. The topological polar surface area (TPSA) is 58.4 Å². The van der Waals surface area contributed by atoms with Gasteiger partial charge in [-0.05, 0) is 19.1 Å². The Hall–Kier alpha value is -1.78. The van der Waals surface area contributed by atoms with Crippen LogP contribution < -0.4 is 10.2 Å². The van der Waals surface area contributed by atoms with Crippen LogP contribution in [0.5, 0.6) is 0 Å². The Morgan fingerprint density at radius 1 is 1.47 bits per heavy atom. The fourth-order valence-corrected chi connectivity index (χ4v) is 1.42. The van der Waals surface area contributed by atoms with Crippen molar-refractivity contribution in [1.82, 2.24) is 0 Å². The lowest BCUT2D eigenvalue weighted by atomic mass is 10.2. The van der Waals surface area contributed by atoms with E-state index < -0.39 is 0 Å². The summed E-state index contributed by atoms with van der Waals surface area (Å²) < 4.78 is 0. The van der Waals surface area contributed by atoms with E-state index in [1.165, 1.54) is 0 Å². The van der Waals surface area contributed by atoms with E-state index in [1.807, 2.05) is 6.92 Å². The van der Waals surface area contributed by atoms with Crippen molar-refractivity contribution in [2.24, 2.45) is 0 Å². The van der Waals surface area contributed by atoms with Crippen molar-refractivity contribution in [2.75, 3.05) is 30.9 Å². The highest BCUT2D eigenvalue weighted by atomic mass is 16.6. The molecule has 0 amide bonds. The van der Waals surface area contributed by atoms with Gasteiger partial charge in [-0.25, -0.2) is 0 Å². The molecule has 0 atom stereocenters. The van der Waals surface area contributed by atoms with Crippen molar-refractivity contribution < 1.29 is 4.92 Å². The van der Waals surface area contributed by atoms with Gasteiger partial charge in [0.15, 0.2) is 0 Å². The van der Waals surface area contributed by atoms with E-state index in [-0.39, 0.29) is 10.6 Å². The largest absolute Gasteiger partial charge is 0.380 e. The second kappa shape index (κ2) is 4.63. The number of nitrogens with one attached hydrogen (secondary N) is 1. The number of nitro groups is 1. The summed E-state index contributed by atoms with van der Waals surface area (Å²) in [5.74, 6) is 0. The maximum Gasteiger partial charge on any atom is 0.315 e. The molecule has 1 aromatic carbocycles. The van der Waals surface area contributed by atoms with E-state index in [9.17, 15) is 10.1 Å². The van der Waals surface area contributed by atoms with Crippen LogP contribution in [0.1, 0.15) is 6.92 Å². The van der Waals surface area contributed by atoms with Gasteiger partial charge in [0.25, 0.3) is 0 Å². The Kier molecular flexibility index (Phi) is 3.49. The van der Waals surface area contributed by atoms with Gasteiger partial charge in [0.05, 0.1) is 4.92 Å². The standard InChI is InChI=1S/C10H15N3O2/c1-4-11-8-6-5-7-9(12(2)3)10(8)13(14)15/h5-7,11H,4H2,1-3H3. The highest BCUT2D eigenvalue weighted by molar-refractivity contribution is 5.76. The van der Waals surface area contributed by atoms with Crippen molar-refractivity contribution in [3.63, 3.8) is 0 Å². The summed E-state index contributed by atoms with van der Waals surface area (Å²) in [5, 5.41) is 13.9. The summed E-state index contributed by atoms with van der Waals surface area (Å²) in [6, 6.07) is 5.26. The summed E-state index contributed by atoms with van der Waals surface area (Å²) in [5.41, 5.74) is 1.30. The van der Waals surface area contributed by atoms with E-state index in [2.05, 4.69) is 5.32 Å². The van der Waals surface area contributed by atoms with Crippen LogP contribution in [0.25, 0.3) is 0 Å². The summed E-state index contributed by atoms with van der Waals surface area (Å²) >= 11 is 0. The Morgan fingerprint density at radius 3 is 2.60 bits per heavy atom. The van der Waals surface area contributed by atoms with Crippen molar-refractivity contribution >= 4 is 17.1 Å². The second-order valence-electron chi connectivity index (χ2n) is 3.36. The minimum atomic E-state index is -0.354. The number of hydrogen-bond acceptors (Lipinski definition) is 4. The van der Waals surface area contributed by atoms with Gasteiger partial charge in [0.2, 0.25) is 0 Å². The van der Waals surface area contributed by atoms with E-state index in [0.29, 0.717) is 17.9 Å². The van der Waals surface area contributed by atoms with Crippen LogP contribution in [-0.4, -0.2) is 25.6 Å². The number of nitrogens with zero attached hydrogens (tertiary/aromatic N) is 2. The third-order valence-corrected chi connectivity index (χ3v) is 2.05. The molecule has 0 heterocycles. The second-order valence-corrected chi connectivity index (χ2v) is 3.36. The summed E-state index contributed by atoms with van der Waals surface area (Å²) in [6.45, 7) is 2.57. The number of para-hydroxylation sites is 1. The molecule has 0 bridgehead atoms. The van der Waals surface area contributed by atoms with Crippen LogP contribution in [0.4, 0.5) is 17.1 Å². The molecule has 5 nitrogen and oxygen atoms in total. The van der Waals surface area contributed by atoms with E-state index >= 15 is 0 Å². The van der Waals surface area contributed by atoms with Crippen LogP contribution in [0.2, 0.25) is 0 Å². The fourth-order valence-electron chi connectivity index (χ4n) is 1.42. The molecular weight excluding hydrogens is 194 g/mol. The lowest BCUT2D eigenvalue weighted by molar-refractivity contribution is -0.383. The van der Waals surface area contributed by atoms with E-state index in [4.69, 9.17) is 0 Å². The Labute approximate surface area is 88.9 Å². The zero-order valence-corrected chi connectivity index (χ0v) is 9.15. The average molecular weight is 209 g/mol. The molecule has 1 aromatic rings. The molecule has 15 heavy (non-hydrogen) atoms. The van der Waals surface area contributed by atoms with Crippen molar-refractivity contribution in [1.29, 1.82) is 0 Å². The van der Waals surface area contributed by atoms with Gasteiger partial charge < -0.3 is 10.2 Å². The predicted molar refractivity (Wildman–Crippen MR) is 61.6 cm³/mol. The van der Waals surface area contributed by atoms with Crippen LogP contribution in [0.15, 0.2) is 18.2 Å². The number of hydrogen-bond donors (Lipinski definition) is 1. The average Bonchev–Trinajstić information content (AvgIpc) is 2.17. The number of anilines is 2. The first kappa shape index (κ1) is 11.3. The molecule has 0 unspecified atom stereocenters. The van der Waals surface area contributed by atoms with E-state index in [0.717, 1.165) is 0 Å². The highest BCUT2D eigenvalue weighted by Gasteiger charge is 2.20. The molecule has 0 spiro atoms. The molecule has 0 aliphatic heterocycles. The third-order valence-electron chi connectivity index (χ3n) is 2.05. The van der Waals surface area contributed by atoms with Gasteiger partial charge in [-0.1, -0.05) is 6.07 Å². The molecule has 82 valence electrons.